The van der Waals surface area contributed by atoms with Crippen molar-refractivity contribution in [1.82, 2.24) is 10.6 Å². The Morgan fingerprint density at radius 1 is 1.29 bits per heavy atom. The molecule has 74 valence electrons. The molecule has 0 aliphatic carbocycles. The van der Waals surface area contributed by atoms with Crippen molar-refractivity contribution >= 4 is 5.91 Å². The molecule has 1 aliphatic rings. The van der Waals surface area contributed by atoms with Crippen LogP contribution in [0.25, 0.3) is 0 Å². The first kappa shape index (κ1) is 9.15. The average Bonchev–Trinajstić information content (AvgIpc) is 2.23. The van der Waals surface area contributed by atoms with Crippen LogP contribution < -0.4 is 10.6 Å². The molecule has 3 nitrogen and oxygen atoms in total. The summed E-state index contributed by atoms with van der Waals surface area (Å²) >= 11 is 0. The molecule has 2 N–H and O–H groups in total. The van der Waals surface area contributed by atoms with Crippen molar-refractivity contribution in [3.8, 4) is 0 Å². The molecule has 1 aliphatic heterocycles. The second-order valence-electron chi connectivity index (χ2n) is 3.23. The van der Waals surface area contributed by atoms with Crippen molar-refractivity contribution in [2.45, 2.75) is 12.3 Å². The van der Waals surface area contributed by atoms with Gasteiger partial charge in [-0.1, -0.05) is 30.3 Å². The van der Waals surface area contributed by atoms with Gasteiger partial charge < -0.3 is 5.32 Å². The van der Waals surface area contributed by atoms with Crippen LogP contribution in [0.2, 0.25) is 0 Å². The molecule has 1 saturated heterocycles. The van der Waals surface area contributed by atoms with Gasteiger partial charge in [0.25, 0.3) is 5.91 Å². The van der Waals surface area contributed by atoms with E-state index in [2.05, 4.69) is 10.6 Å². The monoisotopic (exact) mass is 194 g/mol. The van der Waals surface area contributed by atoms with Gasteiger partial charge in [0, 0.05) is 6.54 Å². The maximum Gasteiger partial charge on any atom is 0.257 e. The molecule has 1 amide bonds. The van der Waals surface area contributed by atoms with Crippen LogP contribution in [0.3, 0.4) is 0 Å². The van der Waals surface area contributed by atoms with Gasteiger partial charge in [0.05, 0.1) is 0 Å². The summed E-state index contributed by atoms with van der Waals surface area (Å²) in [5.74, 6) is -0.544. The predicted molar refractivity (Wildman–Crippen MR) is 50.2 cm³/mol. The van der Waals surface area contributed by atoms with Crippen LogP contribution in [-0.2, 0) is 4.79 Å². The fourth-order valence-electron chi connectivity index (χ4n) is 1.44. The largest absolute Gasteiger partial charge is 0.334 e. The van der Waals surface area contributed by atoms with Crippen LogP contribution in [0.1, 0.15) is 11.7 Å². The summed E-state index contributed by atoms with van der Waals surface area (Å²) in [6.07, 6.45) is -1.70. The number of halogens is 1. The molecule has 0 radical (unpaired) electrons. The number of hydrogen-bond donors (Lipinski definition) is 2. The van der Waals surface area contributed by atoms with Crippen LogP contribution in [-0.4, -0.2) is 18.6 Å². The molecule has 14 heavy (non-hydrogen) atoms. The van der Waals surface area contributed by atoms with Gasteiger partial charge in [-0.25, -0.2) is 4.39 Å². The molecule has 4 heteroatoms. The van der Waals surface area contributed by atoms with Crippen molar-refractivity contribution in [3.63, 3.8) is 0 Å². The number of hydrogen-bond acceptors (Lipinski definition) is 2. The molecular formula is C10H11FN2O. The van der Waals surface area contributed by atoms with Gasteiger partial charge in [0.1, 0.15) is 6.17 Å². The minimum absolute atomic E-state index is 0.0748. The normalized spacial score (nSPS) is 27.1. The Kier molecular flexibility index (Phi) is 2.45. The molecule has 0 spiro atoms. The summed E-state index contributed by atoms with van der Waals surface area (Å²) in [6, 6.07) is 9.43. The first-order valence-corrected chi connectivity index (χ1v) is 4.50. The topological polar surface area (TPSA) is 41.1 Å². The molecule has 0 saturated carbocycles. The first-order valence-electron chi connectivity index (χ1n) is 4.50. The fraction of sp³-hybridized carbons (Fsp3) is 0.300. The fourth-order valence-corrected chi connectivity index (χ4v) is 1.44. The van der Waals surface area contributed by atoms with E-state index in [-0.39, 0.29) is 12.7 Å². The van der Waals surface area contributed by atoms with Crippen molar-refractivity contribution in [2.24, 2.45) is 0 Å². The summed E-state index contributed by atoms with van der Waals surface area (Å²) < 4.78 is 12.8. The van der Waals surface area contributed by atoms with Gasteiger partial charge >= 0.3 is 0 Å². The average molecular weight is 194 g/mol. The highest BCUT2D eigenvalue weighted by Crippen LogP contribution is 2.13. The molecular weight excluding hydrogens is 183 g/mol. The summed E-state index contributed by atoms with van der Waals surface area (Å²) in [5, 5.41) is 5.47. The molecule has 2 rings (SSSR count). The van der Waals surface area contributed by atoms with Crippen LogP contribution in [0.5, 0.6) is 0 Å². The standard InChI is InChI=1S/C10H11FN2O/c11-8-6-12-9(13-10(8)14)7-4-2-1-3-5-7/h1-5,8-9,12H,6H2,(H,13,14). The van der Waals surface area contributed by atoms with Crippen molar-refractivity contribution < 1.29 is 9.18 Å². The highest BCUT2D eigenvalue weighted by molar-refractivity contribution is 5.82. The highest BCUT2D eigenvalue weighted by atomic mass is 19.1. The molecule has 1 heterocycles. The zero-order valence-corrected chi connectivity index (χ0v) is 7.53. The maximum absolute atomic E-state index is 12.8. The second-order valence-corrected chi connectivity index (χ2v) is 3.23. The molecule has 2 atom stereocenters. The Morgan fingerprint density at radius 3 is 2.64 bits per heavy atom. The number of amides is 1. The van der Waals surface area contributed by atoms with Crippen LogP contribution in [0.15, 0.2) is 30.3 Å². The minimum atomic E-state index is -1.44. The van der Waals surface area contributed by atoms with E-state index in [1.165, 1.54) is 0 Å². The molecule has 1 aromatic carbocycles. The number of rotatable bonds is 1. The van der Waals surface area contributed by atoms with Crippen molar-refractivity contribution in [1.29, 1.82) is 0 Å². The third-order valence-corrected chi connectivity index (χ3v) is 2.21. The Morgan fingerprint density at radius 2 is 2.00 bits per heavy atom. The van der Waals surface area contributed by atoms with Gasteiger partial charge in [-0.05, 0) is 5.56 Å². The Bertz CT molecular complexity index is 328. The van der Waals surface area contributed by atoms with E-state index in [1.807, 2.05) is 30.3 Å². The lowest BCUT2D eigenvalue weighted by atomic mass is 10.1. The summed E-state index contributed by atoms with van der Waals surface area (Å²) in [4.78, 5) is 11.1. The van der Waals surface area contributed by atoms with Crippen molar-refractivity contribution in [2.75, 3.05) is 6.54 Å². The zero-order valence-electron chi connectivity index (χ0n) is 7.53. The van der Waals surface area contributed by atoms with E-state index in [4.69, 9.17) is 0 Å². The maximum atomic E-state index is 12.8. The lowest BCUT2D eigenvalue weighted by molar-refractivity contribution is -0.128. The smallest absolute Gasteiger partial charge is 0.257 e. The highest BCUT2D eigenvalue weighted by Gasteiger charge is 2.27. The van der Waals surface area contributed by atoms with Gasteiger partial charge in [0.15, 0.2) is 6.17 Å². The van der Waals surface area contributed by atoms with E-state index in [1.54, 1.807) is 0 Å². The van der Waals surface area contributed by atoms with Gasteiger partial charge in [-0.2, -0.15) is 0 Å². The Balaban J connectivity index is 2.11. The number of benzene rings is 1. The molecule has 1 fully saturated rings. The second kappa shape index (κ2) is 3.75. The Hall–Kier alpha value is -1.42. The molecule has 1 aromatic rings. The molecule has 2 unspecified atom stereocenters. The Labute approximate surface area is 81.3 Å². The van der Waals surface area contributed by atoms with E-state index in [9.17, 15) is 9.18 Å². The van der Waals surface area contributed by atoms with Crippen LogP contribution in [0.4, 0.5) is 4.39 Å². The van der Waals surface area contributed by atoms with Crippen LogP contribution >= 0.6 is 0 Å². The number of nitrogens with one attached hydrogen (secondary N) is 2. The van der Waals surface area contributed by atoms with Gasteiger partial charge in [-0.3, -0.25) is 10.1 Å². The number of alkyl halides is 1. The van der Waals surface area contributed by atoms with E-state index in [0.29, 0.717) is 0 Å². The SMILES string of the molecule is O=C1NC(c2ccccc2)NCC1F. The number of carbonyl (C=O) groups excluding carboxylic acids is 1. The third-order valence-electron chi connectivity index (χ3n) is 2.21. The lowest BCUT2D eigenvalue weighted by Gasteiger charge is -2.27. The number of carbonyl (C=O) groups is 1. The zero-order chi connectivity index (χ0) is 9.97. The van der Waals surface area contributed by atoms with Gasteiger partial charge in [0.2, 0.25) is 0 Å². The van der Waals surface area contributed by atoms with E-state index < -0.39 is 12.1 Å². The summed E-state index contributed by atoms with van der Waals surface area (Å²) in [5.41, 5.74) is 0.938. The first-order chi connectivity index (χ1) is 6.77. The van der Waals surface area contributed by atoms with E-state index >= 15 is 0 Å². The molecule has 0 bridgehead atoms. The quantitative estimate of drug-likeness (QED) is 0.692. The summed E-state index contributed by atoms with van der Waals surface area (Å²) in [6.45, 7) is 0.0748. The molecule has 0 aromatic heterocycles. The van der Waals surface area contributed by atoms with E-state index in [0.717, 1.165) is 5.56 Å². The van der Waals surface area contributed by atoms with Crippen LogP contribution in [0, 0.1) is 0 Å². The third kappa shape index (κ3) is 1.75. The minimum Gasteiger partial charge on any atom is -0.334 e. The lowest BCUT2D eigenvalue weighted by Crippen LogP contribution is -2.51. The summed E-state index contributed by atoms with van der Waals surface area (Å²) in [7, 11) is 0. The van der Waals surface area contributed by atoms with Gasteiger partial charge in [-0.15, -0.1) is 0 Å². The van der Waals surface area contributed by atoms with Crippen molar-refractivity contribution in [3.05, 3.63) is 35.9 Å². The predicted octanol–water partition coefficient (Wildman–Crippen LogP) is 0.743.